The van der Waals surface area contributed by atoms with Crippen LogP contribution in [0, 0.1) is 0 Å². The third kappa shape index (κ3) is 4.16. The lowest BCUT2D eigenvalue weighted by Gasteiger charge is -2.32. The topological polar surface area (TPSA) is 72.9 Å². The maximum absolute atomic E-state index is 11.8. The fraction of sp³-hybridized carbons (Fsp3) is 0.636. The average molecular weight is 241 g/mol. The Labute approximate surface area is 101 Å². The molecule has 0 radical (unpaired) electrons. The molecule has 6 nitrogen and oxygen atoms in total. The lowest BCUT2D eigenvalue weighted by molar-refractivity contribution is -0.119. The van der Waals surface area contributed by atoms with Crippen LogP contribution in [0.3, 0.4) is 0 Å². The van der Waals surface area contributed by atoms with Crippen molar-refractivity contribution < 1.29 is 14.7 Å². The number of carboxylic acid groups (broad SMARTS) is 1. The predicted octanol–water partition coefficient (Wildman–Crippen LogP) is -0.375. The number of hydrogen-bond acceptors (Lipinski definition) is 4. The summed E-state index contributed by atoms with van der Waals surface area (Å²) in [5.41, 5.74) is 0. The fourth-order valence-corrected chi connectivity index (χ4v) is 1.68. The maximum Gasteiger partial charge on any atom is 0.408 e. The number of nitrogens with zero attached hydrogens (tertiary/aromatic N) is 2. The molecule has 1 rings (SSSR count). The van der Waals surface area contributed by atoms with Crippen LogP contribution in [0.1, 0.15) is 0 Å². The third-order valence-electron chi connectivity index (χ3n) is 2.57. The van der Waals surface area contributed by atoms with Crippen LogP contribution in [-0.4, -0.2) is 73.1 Å². The van der Waals surface area contributed by atoms with E-state index in [1.54, 1.807) is 6.08 Å². The van der Waals surface area contributed by atoms with Gasteiger partial charge in [0, 0.05) is 26.2 Å². The van der Waals surface area contributed by atoms with Gasteiger partial charge in [0.1, 0.15) is 6.04 Å². The number of nitrogens with one attached hydrogen (secondary N) is 1. The summed E-state index contributed by atoms with van der Waals surface area (Å²) < 4.78 is 0. The van der Waals surface area contributed by atoms with Crippen molar-refractivity contribution in [1.82, 2.24) is 15.1 Å². The molecule has 0 aromatic carbocycles. The van der Waals surface area contributed by atoms with E-state index in [-0.39, 0.29) is 5.78 Å². The van der Waals surface area contributed by atoms with Gasteiger partial charge in [-0.25, -0.2) is 4.79 Å². The number of piperazine rings is 1. The van der Waals surface area contributed by atoms with Gasteiger partial charge < -0.3 is 15.3 Å². The molecule has 0 bridgehead atoms. The van der Waals surface area contributed by atoms with Crippen molar-refractivity contribution in [2.24, 2.45) is 0 Å². The number of hydrogen-bond donors (Lipinski definition) is 2. The molecule has 0 spiro atoms. The first kappa shape index (κ1) is 13.7. The van der Waals surface area contributed by atoms with E-state index in [1.165, 1.54) is 11.0 Å². The van der Waals surface area contributed by atoms with Crippen LogP contribution in [0.4, 0.5) is 4.79 Å². The van der Waals surface area contributed by atoms with E-state index in [1.807, 2.05) is 19.0 Å². The Morgan fingerprint density at radius 1 is 1.53 bits per heavy atom. The second-order valence-electron chi connectivity index (χ2n) is 4.26. The quantitative estimate of drug-likeness (QED) is 0.657. The van der Waals surface area contributed by atoms with Gasteiger partial charge in [-0.2, -0.15) is 0 Å². The molecule has 0 aliphatic carbocycles. The lowest BCUT2D eigenvalue weighted by Crippen LogP contribution is -2.56. The molecular weight excluding hydrogens is 222 g/mol. The molecule has 1 fully saturated rings. The second kappa shape index (κ2) is 6.36. The third-order valence-corrected chi connectivity index (χ3v) is 2.57. The number of rotatable bonds is 4. The van der Waals surface area contributed by atoms with Crippen LogP contribution in [0.15, 0.2) is 12.2 Å². The summed E-state index contributed by atoms with van der Waals surface area (Å²) in [4.78, 5) is 25.9. The van der Waals surface area contributed by atoms with Crippen molar-refractivity contribution in [1.29, 1.82) is 0 Å². The van der Waals surface area contributed by atoms with Crippen molar-refractivity contribution in [2.45, 2.75) is 6.04 Å². The van der Waals surface area contributed by atoms with Gasteiger partial charge >= 0.3 is 6.09 Å². The Hall–Kier alpha value is -1.40. The number of ketones is 1. The Morgan fingerprint density at radius 2 is 2.24 bits per heavy atom. The molecule has 1 amide bonds. The molecule has 0 aromatic heterocycles. The molecule has 0 aromatic rings. The molecule has 2 N–H and O–H groups in total. The molecule has 0 saturated carbocycles. The largest absolute Gasteiger partial charge is 0.465 e. The molecule has 1 heterocycles. The fourth-order valence-electron chi connectivity index (χ4n) is 1.68. The standard InChI is InChI=1S/C11H19N3O3/c1-13(2)6-3-4-10(15)9-8-12-5-7-14(9)11(16)17/h3-4,9,12H,5-8H2,1-2H3,(H,16,17). The van der Waals surface area contributed by atoms with Gasteiger partial charge in [0.25, 0.3) is 0 Å². The Kier molecular flexibility index (Phi) is 5.11. The van der Waals surface area contributed by atoms with Gasteiger partial charge in [0.15, 0.2) is 5.78 Å². The first-order valence-electron chi connectivity index (χ1n) is 5.57. The van der Waals surface area contributed by atoms with Crippen LogP contribution >= 0.6 is 0 Å². The van der Waals surface area contributed by atoms with Crippen molar-refractivity contribution >= 4 is 11.9 Å². The summed E-state index contributed by atoms with van der Waals surface area (Å²) in [5.74, 6) is -0.165. The normalized spacial score (nSPS) is 21.1. The predicted molar refractivity (Wildman–Crippen MR) is 64.1 cm³/mol. The van der Waals surface area contributed by atoms with E-state index >= 15 is 0 Å². The SMILES string of the molecule is CN(C)CC=CC(=O)C1CNCCN1C(=O)O. The minimum absolute atomic E-state index is 0.165. The number of amides is 1. The van der Waals surface area contributed by atoms with Crippen molar-refractivity contribution in [3.05, 3.63) is 12.2 Å². The highest BCUT2D eigenvalue weighted by Gasteiger charge is 2.30. The van der Waals surface area contributed by atoms with Gasteiger partial charge in [-0.05, 0) is 20.2 Å². The zero-order valence-corrected chi connectivity index (χ0v) is 10.2. The lowest BCUT2D eigenvalue weighted by atomic mass is 10.1. The average Bonchev–Trinajstić information content (AvgIpc) is 2.28. The number of carbonyl (C=O) groups excluding carboxylic acids is 1. The Morgan fingerprint density at radius 3 is 2.82 bits per heavy atom. The van der Waals surface area contributed by atoms with Gasteiger partial charge in [-0.1, -0.05) is 6.08 Å². The maximum atomic E-state index is 11.8. The van der Waals surface area contributed by atoms with Crippen LogP contribution in [0.5, 0.6) is 0 Å². The molecule has 1 atom stereocenters. The molecule has 1 aliphatic heterocycles. The van der Waals surface area contributed by atoms with Gasteiger partial charge in [0.05, 0.1) is 0 Å². The summed E-state index contributed by atoms with van der Waals surface area (Å²) in [6, 6.07) is -0.598. The molecular formula is C11H19N3O3. The highest BCUT2D eigenvalue weighted by atomic mass is 16.4. The van der Waals surface area contributed by atoms with Crippen molar-refractivity contribution in [3.63, 3.8) is 0 Å². The Balaban J connectivity index is 2.59. The first-order chi connectivity index (χ1) is 8.02. The van der Waals surface area contributed by atoms with E-state index in [9.17, 15) is 9.59 Å². The summed E-state index contributed by atoms with van der Waals surface area (Å²) in [7, 11) is 3.81. The van der Waals surface area contributed by atoms with Crippen molar-refractivity contribution in [3.8, 4) is 0 Å². The number of carbonyl (C=O) groups is 2. The zero-order valence-electron chi connectivity index (χ0n) is 10.2. The minimum Gasteiger partial charge on any atom is -0.465 e. The highest BCUT2D eigenvalue weighted by molar-refractivity contribution is 5.96. The molecule has 96 valence electrons. The van der Waals surface area contributed by atoms with Crippen molar-refractivity contribution in [2.75, 3.05) is 40.3 Å². The zero-order chi connectivity index (χ0) is 12.8. The smallest absolute Gasteiger partial charge is 0.408 e. The molecule has 1 aliphatic rings. The molecule has 1 saturated heterocycles. The number of likely N-dealkylation sites (N-methyl/N-ethyl adjacent to an activating group) is 1. The highest BCUT2D eigenvalue weighted by Crippen LogP contribution is 2.05. The summed E-state index contributed by atoms with van der Waals surface area (Å²) in [5, 5.41) is 12.0. The Bertz CT molecular complexity index is 315. The van der Waals surface area contributed by atoms with E-state index < -0.39 is 12.1 Å². The van der Waals surface area contributed by atoms with E-state index in [4.69, 9.17) is 5.11 Å². The minimum atomic E-state index is -1.04. The first-order valence-corrected chi connectivity index (χ1v) is 5.57. The second-order valence-corrected chi connectivity index (χ2v) is 4.26. The molecule has 6 heteroatoms. The molecule has 1 unspecified atom stereocenters. The van der Waals surface area contributed by atoms with Crippen LogP contribution in [-0.2, 0) is 4.79 Å². The van der Waals surface area contributed by atoms with E-state index in [0.717, 1.165) is 0 Å². The van der Waals surface area contributed by atoms with Gasteiger partial charge in [0.2, 0.25) is 0 Å². The summed E-state index contributed by atoms with van der Waals surface area (Å²) in [6.07, 6.45) is 2.18. The van der Waals surface area contributed by atoms with E-state index in [0.29, 0.717) is 26.2 Å². The van der Waals surface area contributed by atoms with Crippen LogP contribution in [0.25, 0.3) is 0 Å². The van der Waals surface area contributed by atoms with Crippen LogP contribution in [0.2, 0.25) is 0 Å². The molecule has 17 heavy (non-hydrogen) atoms. The van der Waals surface area contributed by atoms with Gasteiger partial charge in [-0.3, -0.25) is 9.69 Å². The summed E-state index contributed by atoms with van der Waals surface area (Å²) in [6.45, 7) is 2.00. The van der Waals surface area contributed by atoms with Crippen LogP contribution < -0.4 is 5.32 Å². The summed E-state index contributed by atoms with van der Waals surface area (Å²) >= 11 is 0. The van der Waals surface area contributed by atoms with Gasteiger partial charge in [-0.15, -0.1) is 0 Å². The monoisotopic (exact) mass is 241 g/mol. The van der Waals surface area contributed by atoms with E-state index in [2.05, 4.69) is 5.32 Å².